The number of aliphatic imine (C=N–C) groups is 1. The second-order valence-electron chi connectivity index (χ2n) is 4.62. The fraction of sp³-hybridized carbons (Fsp3) is 0.333. The molecule has 0 spiro atoms. The standard InChI is InChI=1S/C12H14Br2N4/c1-12(2,3)18-11(16-7-15)17-10-5-4-8(13)6-9(10)14/h4-6H,1-3H3,(H2,16,17,18). The summed E-state index contributed by atoms with van der Waals surface area (Å²) < 4.78 is 1.86. The summed E-state index contributed by atoms with van der Waals surface area (Å²) in [4.78, 5) is 4.40. The molecule has 1 aromatic carbocycles. The van der Waals surface area contributed by atoms with Gasteiger partial charge in [-0.3, -0.25) is 5.32 Å². The topological polar surface area (TPSA) is 60.2 Å². The van der Waals surface area contributed by atoms with Crippen LogP contribution in [0.4, 0.5) is 5.69 Å². The summed E-state index contributed by atoms with van der Waals surface area (Å²) in [5, 5.41) is 14.3. The molecule has 0 atom stereocenters. The summed E-state index contributed by atoms with van der Waals surface area (Å²) in [6, 6.07) is 5.73. The summed E-state index contributed by atoms with van der Waals surface area (Å²) in [5.74, 6) is 0.424. The molecule has 96 valence electrons. The van der Waals surface area contributed by atoms with Crippen LogP contribution in [-0.4, -0.2) is 11.5 Å². The molecule has 1 aromatic rings. The Balaban J connectivity index is 2.98. The van der Waals surface area contributed by atoms with E-state index in [4.69, 9.17) is 5.26 Å². The molecule has 0 heterocycles. The Bertz CT molecular complexity index is 498. The third kappa shape index (κ3) is 5.07. The summed E-state index contributed by atoms with van der Waals surface area (Å²) >= 11 is 6.83. The van der Waals surface area contributed by atoms with Crippen LogP contribution >= 0.6 is 31.9 Å². The molecule has 0 fully saturated rings. The van der Waals surface area contributed by atoms with Crippen molar-refractivity contribution in [2.45, 2.75) is 26.3 Å². The van der Waals surface area contributed by atoms with Crippen molar-refractivity contribution in [3.05, 3.63) is 27.1 Å². The highest BCUT2D eigenvalue weighted by atomic mass is 79.9. The highest BCUT2D eigenvalue weighted by Gasteiger charge is 2.11. The average Bonchev–Trinajstić information content (AvgIpc) is 2.20. The minimum absolute atomic E-state index is 0.270. The van der Waals surface area contributed by atoms with Crippen LogP contribution in [0.3, 0.4) is 0 Å². The van der Waals surface area contributed by atoms with Gasteiger partial charge in [0.2, 0.25) is 5.96 Å². The van der Waals surface area contributed by atoms with Crippen LogP contribution < -0.4 is 10.6 Å². The number of nitrogens with one attached hydrogen (secondary N) is 2. The molecule has 18 heavy (non-hydrogen) atoms. The van der Waals surface area contributed by atoms with E-state index in [-0.39, 0.29) is 5.54 Å². The Hall–Kier alpha value is -1.06. The van der Waals surface area contributed by atoms with Crippen molar-refractivity contribution in [2.24, 2.45) is 4.99 Å². The van der Waals surface area contributed by atoms with E-state index in [0.29, 0.717) is 5.96 Å². The van der Waals surface area contributed by atoms with Gasteiger partial charge < -0.3 is 5.32 Å². The lowest BCUT2D eigenvalue weighted by Crippen LogP contribution is -2.30. The molecule has 0 saturated heterocycles. The first-order valence-electron chi connectivity index (χ1n) is 5.29. The van der Waals surface area contributed by atoms with E-state index in [1.54, 1.807) is 0 Å². The molecule has 1 rings (SSSR count). The molecule has 0 radical (unpaired) electrons. The van der Waals surface area contributed by atoms with Crippen LogP contribution in [-0.2, 0) is 0 Å². The summed E-state index contributed by atoms with van der Waals surface area (Å²) in [6.07, 6.45) is 1.87. The normalized spacial score (nSPS) is 11.9. The van der Waals surface area contributed by atoms with Gasteiger partial charge >= 0.3 is 0 Å². The van der Waals surface area contributed by atoms with Crippen LogP contribution in [0.25, 0.3) is 0 Å². The van der Waals surface area contributed by atoms with Crippen molar-refractivity contribution in [1.82, 2.24) is 5.32 Å². The van der Waals surface area contributed by atoms with Gasteiger partial charge in [0.15, 0.2) is 6.19 Å². The Morgan fingerprint density at radius 3 is 2.50 bits per heavy atom. The Morgan fingerprint density at radius 2 is 2.00 bits per heavy atom. The zero-order valence-corrected chi connectivity index (χ0v) is 13.6. The van der Waals surface area contributed by atoms with Gasteiger partial charge in [0.05, 0.1) is 11.2 Å². The third-order valence-corrected chi connectivity index (χ3v) is 2.96. The van der Waals surface area contributed by atoms with Crippen LogP contribution in [0.5, 0.6) is 0 Å². The SMILES string of the molecule is CC(C)(C)N=C(NC#N)Nc1ccc(Br)cc1Br. The van der Waals surface area contributed by atoms with Crippen LogP contribution in [0.15, 0.2) is 32.1 Å². The second-order valence-corrected chi connectivity index (χ2v) is 6.39. The Morgan fingerprint density at radius 1 is 1.33 bits per heavy atom. The van der Waals surface area contributed by atoms with E-state index in [2.05, 4.69) is 47.5 Å². The first-order chi connectivity index (χ1) is 8.31. The summed E-state index contributed by atoms with van der Waals surface area (Å²) in [7, 11) is 0. The minimum Gasteiger partial charge on any atom is -0.324 e. The number of nitrogens with zero attached hydrogens (tertiary/aromatic N) is 2. The molecule has 0 aliphatic carbocycles. The van der Waals surface area contributed by atoms with E-state index in [1.807, 2.05) is 45.2 Å². The van der Waals surface area contributed by atoms with Gasteiger partial charge in [-0.05, 0) is 54.9 Å². The molecule has 0 amide bonds. The van der Waals surface area contributed by atoms with E-state index in [1.165, 1.54) is 0 Å². The lowest BCUT2D eigenvalue weighted by Gasteiger charge is -2.16. The molecular formula is C12H14Br2N4. The van der Waals surface area contributed by atoms with E-state index < -0.39 is 0 Å². The van der Waals surface area contributed by atoms with Crippen molar-refractivity contribution in [2.75, 3.05) is 5.32 Å². The molecule has 0 aliphatic heterocycles. The first kappa shape index (κ1) is 15.0. The number of hydrogen-bond acceptors (Lipinski definition) is 2. The molecule has 2 N–H and O–H groups in total. The van der Waals surface area contributed by atoms with Gasteiger partial charge in [0, 0.05) is 8.95 Å². The second kappa shape index (κ2) is 6.21. The van der Waals surface area contributed by atoms with Crippen LogP contribution in [0.1, 0.15) is 20.8 Å². The largest absolute Gasteiger partial charge is 0.324 e. The lowest BCUT2D eigenvalue weighted by molar-refractivity contribution is 0.581. The summed E-state index contributed by atoms with van der Waals surface area (Å²) in [6.45, 7) is 5.89. The van der Waals surface area contributed by atoms with Crippen molar-refractivity contribution < 1.29 is 0 Å². The number of anilines is 1. The maximum Gasteiger partial charge on any atom is 0.209 e. The molecular weight excluding hydrogens is 360 g/mol. The van der Waals surface area contributed by atoms with Gasteiger partial charge in [-0.2, -0.15) is 5.26 Å². The molecule has 0 saturated carbocycles. The van der Waals surface area contributed by atoms with Crippen LogP contribution in [0.2, 0.25) is 0 Å². The molecule has 6 heteroatoms. The molecule has 0 unspecified atom stereocenters. The summed E-state index contributed by atoms with van der Waals surface area (Å²) in [5.41, 5.74) is 0.567. The number of hydrogen-bond donors (Lipinski definition) is 2. The molecule has 0 aliphatic rings. The van der Waals surface area contributed by atoms with E-state index in [0.717, 1.165) is 14.6 Å². The van der Waals surface area contributed by atoms with Crippen molar-refractivity contribution in [3.8, 4) is 6.19 Å². The smallest absolute Gasteiger partial charge is 0.209 e. The van der Waals surface area contributed by atoms with Gasteiger partial charge in [-0.15, -0.1) is 0 Å². The van der Waals surface area contributed by atoms with Crippen molar-refractivity contribution >= 4 is 43.5 Å². The maximum atomic E-state index is 8.72. The van der Waals surface area contributed by atoms with Crippen molar-refractivity contribution in [3.63, 3.8) is 0 Å². The van der Waals surface area contributed by atoms with E-state index in [9.17, 15) is 0 Å². The highest BCUT2D eigenvalue weighted by molar-refractivity contribution is 9.11. The van der Waals surface area contributed by atoms with Crippen LogP contribution in [0, 0.1) is 11.5 Å². The highest BCUT2D eigenvalue weighted by Crippen LogP contribution is 2.26. The number of benzene rings is 1. The Kier molecular flexibility index (Phi) is 5.17. The van der Waals surface area contributed by atoms with Gasteiger partial charge in [0.25, 0.3) is 0 Å². The number of halogens is 2. The molecule has 0 bridgehead atoms. The number of rotatable bonds is 1. The first-order valence-corrected chi connectivity index (χ1v) is 6.87. The molecule has 0 aromatic heterocycles. The fourth-order valence-corrected chi connectivity index (χ4v) is 2.34. The average molecular weight is 374 g/mol. The number of guanidine groups is 1. The monoisotopic (exact) mass is 372 g/mol. The quantitative estimate of drug-likeness (QED) is 0.340. The van der Waals surface area contributed by atoms with Crippen molar-refractivity contribution in [1.29, 1.82) is 5.26 Å². The maximum absolute atomic E-state index is 8.72. The molecule has 4 nitrogen and oxygen atoms in total. The zero-order chi connectivity index (χ0) is 13.8. The predicted octanol–water partition coefficient (Wildman–Crippen LogP) is 3.85. The van der Waals surface area contributed by atoms with Gasteiger partial charge in [-0.25, -0.2) is 4.99 Å². The lowest BCUT2D eigenvalue weighted by atomic mass is 10.1. The van der Waals surface area contributed by atoms with Gasteiger partial charge in [-0.1, -0.05) is 15.9 Å². The fourth-order valence-electron chi connectivity index (χ4n) is 1.19. The Labute approximate surface area is 124 Å². The predicted molar refractivity (Wildman–Crippen MR) is 81.4 cm³/mol. The van der Waals surface area contributed by atoms with E-state index >= 15 is 0 Å². The van der Waals surface area contributed by atoms with Gasteiger partial charge in [0.1, 0.15) is 0 Å². The minimum atomic E-state index is -0.270. The third-order valence-electron chi connectivity index (χ3n) is 1.81. The zero-order valence-electron chi connectivity index (χ0n) is 10.4. The number of nitriles is 1.